The molecule has 0 radical (unpaired) electrons. The van der Waals surface area contributed by atoms with Crippen LogP contribution in [0.25, 0.3) is 11.0 Å². The van der Waals surface area contributed by atoms with Crippen molar-refractivity contribution in [1.29, 1.82) is 0 Å². The summed E-state index contributed by atoms with van der Waals surface area (Å²) in [5, 5.41) is 4.02. The van der Waals surface area contributed by atoms with Gasteiger partial charge in [-0.3, -0.25) is 4.79 Å². The van der Waals surface area contributed by atoms with Gasteiger partial charge >= 0.3 is 10.0 Å². The second-order valence-electron chi connectivity index (χ2n) is 4.22. The van der Waals surface area contributed by atoms with Gasteiger partial charge in [0.15, 0.2) is 0 Å². The normalized spacial score (nSPS) is 11.8. The van der Waals surface area contributed by atoms with Crippen molar-refractivity contribution in [2.45, 2.75) is 12.0 Å². The maximum Gasteiger partial charge on any atom is 0.320 e. The lowest BCUT2D eigenvalue weighted by Gasteiger charge is -2.03. The number of hydrogen-bond donors (Lipinski definition) is 0. The van der Waals surface area contributed by atoms with Crippen LogP contribution in [0.4, 0.5) is 0 Å². The highest BCUT2D eigenvalue weighted by Gasteiger charge is 2.27. The molecule has 2 aromatic heterocycles. The molecule has 0 saturated carbocycles. The van der Waals surface area contributed by atoms with E-state index in [2.05, 4.69) is 5.10 Å². The summed E-state index contributed by atoms with van der Waals surface area (Å²) >= 11 is 0. The lowest BCUT2D eigenvalue weighted by atomic mass is 10.2. The molecule has 0 N–H and O–H groups in total. The minimum Gasteiger partial charge on any atom is -0.442 e. The van der Waals surface area contributed by atoms with Crippen LogP contribution >= 0.6 is 0 Å². The Morgan fingerprint density at radius 1 is 1.15 bits per heavy atom. The number of fused-ring (bicyclic) bond motifs is 1. The maximum atomic E-state index is 12.5. The number of aromatic nitrogens is 2. The molecule has 7 heteroatoms. The molecule has 3 rings (SSSR count). The highest BCUT2D eigenvalue weighted by Crippen LogP contribution is 2.28. The molecule has 0 amide bonds. The SMILES string of the molecule is Cc1c(S(=O)(=O)n2ncccc2=O)oc2ccccc12. The second-order valence-corrected chi connectivity index (χ2v) is 5.89. The Morgan fingerprint density at radius 2 is 1.90 bits per heavy atom. The van der Waals surface area contributed by atoms with E-state index in [1.54, 1.807) is 31.2 Å². The molecule has 3 aromatic rings. The predicted octanol–water partition coefficient (Wildman–Crippen LogP) is 1.53. The van der Waals surface area contributed by atoms with Crippen LogP contribution in [0, 0.1) is 6.92 Å². The maximum absolute atomic E-state index is 12.5. The van der Waals surface area contributed by atoms with E-state index >= 15 is 0 Å². The van der Waals surface area contributed by atoms with Gasteiger partial charge in [0.2, 0.25) is 5.09 Å². The monoisotopic (exact) mass is 290 g/mol. The summed E-state index contributed by atoms with van der Waals surface area (Å²) in [7, 11) is -4.14. The predicted molar refractivity (Wildman–Crippen MR) is 72.0 cm³/mol. The Bertz CT molecular complexity index is 954. The number of rotatable bonds is 2. The summed E-state index contributed by atoms with van der Waals surface area (Å²) in [6.45, 7) is 1.63. The Kier molecular flexibility index (Phi) is 2.72. The van der Waals surface area contributed by atoms with Gasteiger partial charge in [0, 0.05) is 23.2 Å². The van der Waals surface area contributed by atoms with Crippen LogP contribution in [0.1, 0.15) is 5.56 Å². The highest BCUT2D eigenvalue weighted by molar-refractivity contribution is 7.89. The quantitative estimate of drug-likeness (QED) is 0.715. The Balaban J connectivity index is 2.33. The van der Waals surface area contributed by atoms with E-state index in [1.165, 1.54) is 12.3 Å². The first-order valence-electron chi connectivity index (χ1n) is 5.80. The van der Waals surface area contributed by atoms with Crippen molar-refractivity contribution < 1.29 is 12.8 Å². The molecule has 0 atom stereocenters. The molecular formula is C13H10N2O4S. The first-order chi connectivity index (χ1) is 9.51. The number of aryl methyl sites for hydroxylation is 1. The van der Waals surface area contributed by atoms with E-state index in [1.807, 2.05) is 0 Å². The third kappa shape index (κ3) is 1.75. The van der Waals surface area contributed by atoms with Crippen molar-refractivity contribution in [1.82, 2.24) is 9.19 Å². The van der Waals surface area contributed by atoms with Crippen molar-refractivity contribution in [3.8, 4) is 0 Å². The van der Waals surface area contributed by atoms with Crippen molar-refractivity contribution >= 4 is 21.0 Å². The number of para-hydroxylation sites is 1. The van der Waals surface area contributed by atoms with Gasteiger partial charge in [0.25, 0.3) is 5.56 Å². The standard InChI is InChI=1S/C13H10N2O4S/c1-9-10-5-2-3-6-11(10)19-13(9)20(17,18)15-12(16)7-4-8-14-15/h2-8H,1H3. The van der Waals surface area contributed by atoms with E-state index in [0.717, 1.165) is 6.07 Å². The molecule has 0 saturated heterocycles. The number of benzene rings is 1. The molecule has 0 aliphatic heterocycles. The zero-order chi connectivity index (χ0) is 14.3. The minimum absolute atomic E-state index is 0.264. The number of hydrogen-bond acceptors (Lipinski definition) is 5. The summed E-state index contributed by atoms with van der Waals surface area (Å²) in [5.41, 5.74) is 0.179. The molecule has 102 valence electrons. The van der Waals surface area contributed by atoms with Gasteiger partial charge in [0.1, 0.15) is 5.58 Å². The smallest absolute Gasteiger partial charge is 0.320 e. The van der Waals surface area contributed by atoms with Crippen LogP contribution < -0.4 is 5.56 Å². The molecular weight excluding hydrogens is 280 g/mol. The van der Waals surface area contributed by atoms with Crippen molar-refractivity contribution in [3.05, 3.63) is 58.5 Å². The molecule has 6 nitrogen and oxygen atoms in total. The molecule has 1 aromatic carbocycles. The molecule has 20 heavy (non-hydrogen) atoms. The lowest BCUT2D eigenvalue weighted by molar-refractivity contribution is 0.469. The van der Waals surface area contributed by atoms with Gasteiger partial charge in [0.05, 0.1) is 0 Å². The fourth-order valence-corrected chi connectivity index (χ4v) is 3.33. The molecule has 0 spiro atoms. The minimum atomic E-state index is -4.14. The highest BCUT2D eigenvalue weighted by atomic mass is 32.2. The zero-order valence-electron chi connectivity index (χ0n) is 10.5. The van der Waals surface area contributed by atoms with Crippen LogP contribution in [-0.4, -0.2) is 17.6 Å². The van der Waals surface area contributed by atoms with Gasteiger partial charge in [-0.15, -0.1) is 4.09 Å². The summed E-state index contributed by atoms with van der Waals surface area (Å²) in [4.78, 5) is 11.6. The van der Waals surface area contributed by atoms with Crippen LogP contribution in [0.15, 0.2) is 56.9 Å². The Morgan fingerprint density at radius 3 is 2.60 bits per heavy atom. The summed E-state index contributed by atoms with van der Waals surface area (Å²) < 4.78 is 30.7. The average Bonchev–Trinajstić information content (AvgIpc) is 2.78. The fraction of sp³-hybridized carbons (Fsp3) is 0.0769. The van der Waals surface area contributed by atoms with E-state index < -0.39 is 15.6 Å². The van der Waals surface area contributed by atoms with E-state index in [9.17, 15) is 13.2 Å². The zero-order valence-corrected chi connectivity index (χ0v) is 11.3. The van der Waals surface area contributed by atoms with Crippen LogP contribution in [0.3, 0.4) is 0 Å². The molecule has 0 aliphatic carbocycles. The van der Waals surface area contributed by atoms with Gasteiger partial charge in [-0.25, -0.2) is 0 Å². The first kappa shape index (κ1) is 12.6. The van der Waals surface area contributed by atoms with E-state index in [0.29, 0.717) is 20.6 Å². The molecule has 2 heterocycles. The van der Waals surface area contributed by atoms with Gasteiger partial charge in [-0.05, 0) is 19.1 Å². The Labute approximate surface area is 114 Å². The molecule has 0 unspecified atom stereocenters. The molecule has 0 aliphatic rings. The number of furan rings is 1. The summed E-state index contributed by atoms with van der Waals surface area (Å²) in [6.07, 6.45) is 1.23. The molecule has 0 fully saturated rings. The third-order valence-corrected chi connectivity index (χ3v) is 4.53. The fourth-order valence-electron chi connectivity index (χ4n) is 2.00. The number of nitrogens with zero attached hydrogens (tertiary/aromatic N) is 2. The van der Waals surface area contributed by atoms with Crippen LogP contribution in [0.2, 0.25) is 0 Å². The Hall–Kier alpha value is -2.41. The first-order valence-corrected chi connectivity index (χ1v) is 7.24. The largest absolute Gasteiger partial charge is 0.442 e. The lowest BCUT2D eigenvalue weighted by Crippen LogP contribution is -2.28. The van der Waals surface area contributed by atoms with Crippen LogP contribution in [0.5, 0.6) is 0 Å². The third-order valence-electron chi connectivity index (χ3n) is 2.95. The van der Waals surface area contributed by atoms with Crippen molar-refractivity contribution in [2.75, 3.05) is 0 Å². The van der Waals surface area contributed by atoms with Gasteiger partial charge in [-0.1, -0.05) is 18.2 Å². The topological polar surface area (TPSA) is 82.2 Å². The summed E-state index contributed by atoms with van der Waals surface area (Å²) in [5.74, 6) is 0. The van der Waals surface area contributed by atoms with E-state index in [-0.39, 0.29) is 5.09 Å². The summed E-state index contributed by atoms with van der Waals surface area (Å²) in [6, 6.07) is 9.46. The average molecular weight is 290 g/mol. The van der Waals surface area contributed by atoms with Crippen molar-refractivity contribution in [2.24, 2.45) is 0 Å². The van der Waals surface area contributed by atoms with E-state index in [4.69, 9.17) is 4.42 Å². The molecule has 0 bridgehead atoms. The second kappa shape index (κ2) is 4.31. The van der Waals surface area contributed by atoms with Gasteiger partial charge in [-0.2, -0.15) is 13.5 Å². The van der Waals surface area contributed by atoms with Crippen molar-refractivity contribution in [3.63, 3.8) is 0 Å². The van der Waals surface area contributed by atoms with Gasteiger partial charge < -0.3 is 4.42 Å². The van der Waals surface area contributed by atoms with Crippen LogP contribution in [-0.2, 0) is 10.0 Å².